The van der Waals surface area contributed by atoms with Crippen LogP contribution in [0.15, 0.2) is 48.7 Å². The Morgan fingerprint density at radius 2 is 1.95 bits per heavy atom. The third kappa shape index (κ3) is 1.98. The molecule has 0 aliphatic rings. The van der Waals surface area contributed by atoms with Crippen molar-refractivity contribution in [2.45, 2.75) is 13.0 Å². The van der Waals surface area contributed by atoms with E-state index in [-0.39, 0.29) is 11.9 Å². The highest BCUT2D eigenvalue weighted by atomic mass is 19.1. The average molecular weight is 269 g/mol. The highest BCUT2D eigenvalue weighted by molar-refractivity contribution is 5.80. The number of aromatic nitrogens is 2. The van der Waals surface area contributed by atoms with Crippen LogP contribution >= 0.6 is 0 Å². The molecule has 0 amide bonds. The van der Waals surface area contributed by atoms with Crippen LogP contribution in [0.5, 0.6) is 0 Å². The Labute approximate surface area is 117 Å². The van der Waals surface area contributed by atoms with E-state index in [0.29, 0.717) is 5.69 Å². The van der Waals surface area contributed by atoms with E-state index in [4.69, 9.17) is 0 Å². The van der Waals surface area contributed by atoms with Crippen LogP contribution < -0.4 is 5.32 Å². The lowest BCUT2D eigenvalue weighted by Gasteiger charge is -2.17. The molecule has 20 heavy (non-hydrogen) atoms. The molecule has 1 N–H and O–H groups in total. The standard InChI is InChI=1S/C16H16FN3/c1-11(18-2)13-7-5-8-14(17)16(13)20-15-9-4-3-6-12(15)10-19-20/h3-11,18H,1-2H3. The van der Waals surface area contributed by atoms with E-state index < -0.39 is 0 Å². The average Bonchev–Trinajstić information content (AvgIpc) is 2.90. The molecular weight excluding hydrogens is 253 g/mol. The summed E-state index contributed by atoms with van der Waals surface area (Å²) in [6.45, 7) is 2.00. The second-order valence-electron chi connectivity index (χ2n) is 4.80. The van der Waals surface area contributed by atoms with Crippen LogP contribution in [0, 0.1) is 5.82 Å². The summed E-state index contributed by atoms with van der Waals surface area (Å²) in [4.78, 5) is 0. The van der Waals surface area contributed by atoms with Crippen molar-refractivity contribution >= 4 is 10.9 Å². The molecule has 3 aromatic rings. The Balaban J connectivity index is 2.28. The molecule has 3 nitrogen and oxygen atoms in total. The van der Waals surface area contributed by atoms with Gasteiger partial charge < -0.3 is 5.32 Å². The molecule has 0 fully saturated rings. The Morgan fingerprint density at radius 1 is 1.15 bits per heavy atom. The van der Waals surface area contributed by atoms with Crippen LogP contribution in [0.1, 0.15) is 18.5 Å². The zero-order valence-electron chi connectivity index (χ0n) is 11.5. The topological polar surface area (TPSA) is 29.9 Å². The van der Waals surface area contributed by atoms with Gasteiger partial charge in [-0.3, -0.25) is 0 Å². The Morgan fingerprint density at radius 3 is 2.75 bits per heavy atom. The van der Waals surface area contributed by atoms with E-state index >= 15 is 0 Å². The fourth-order valence-electron chi connectivity index (χ4n) is 2.41. The lowest BCUT2D eigenvalue weighted by atomic mass is 10.1. The molecule has 0 bridgehead atoms. The summed E-state index contributed by atoms with van der Waals surface area (Å²) in [6, 6.07) is 13.0. The molecule has 1 unspecified atom stereocenters. The van der Waals surface area contributed by atoms with Gasteiger partial charge in [0.1, 0.15) is 11.5 Å². The summed E-state index contributed by atoms with van der Waals surface area (Å²) in [5, 5.41) is 8.50. The Hall–Kier alpha value is -2.20. The Kier molecular flexibility index (Phi) is 3.24. The van der Waals surface area contributed by atoms with Crippen LogP contribution in [-0.4, -0.2) is 16.8 Å². The molecule has 0 aliphatic carbocycles. The van der Waals surface area contributed by atoms with Gasteiger partial charge in [-0.2, -0.15) is 5.10 Å². The van der Waals surface area contributed by atoms with Crippen LogP contribution in [0.3, 0.4) is 0 Å². The number of nitrogens with zero attached hydrogens (tertiary/aromatic N) is 2. The van der Waals surface area contributed by atoms with Crippen molar-refractivity contribution < 1.29 is 4.39 Å². The number of nitrogens with one attached hydrogen (secondary N) is 1. The van der Waals surface area contributed by atoms with Crippen molar-refractivity contribution in [3.63, 3.8) is 0 Å². The number of halogens is 1. The summed E-state index contributed by atoms with van der Waals surface area (Å²) < 4.78 is 16.0. The molecule has 0 saturated heterocycles. The fraction of sp³-hybridized carbons (Fsp3) is 0.188. The van der Waals surface area contributed by atoms with Gasteiger partial charge in [0, 0.05) is 11.4 Å². The molecule has 3 rings (SSSR count). The predicted octanol–water partition coefficient (Wildman–Crippen LogP) is 3.45. The first-order valence-electron chi connectivity index (χ1n) is 6.61. The maximum absolute atomic E-state index is 14.3. The molecule has 102 valence electrons. The zero-order chi connectivity index (χ0) is 14.1. The number of rotatable bonds is 3. The van der Waals surface area contributed by atoms with E-state index in [1.54, 1.807) is 16.9 Å². The predicted molar refractivity (Wildman–Crippen MR) is 78.5 cm³/mol. The summed E-state index contributed by atoms with van der Waals surface area (Å²) in [7, 11) is 1.86. The summed E-state index contributed by atoms with van der Waals surface area (Å²) in [5.74, 6) is -0.265. The van der Waals surface area contributed by atoms with Crippen LogP contribution in [0.4, 0.5) is 4.39 Å². The van der Waals surface area contributed by atoms with Crippen molar-refractivity contribution in [1.29, 1.82) is 0 Å². The highest BCUT2D eigenvalue weighted by Gasteiger charge is 2.17. The first kappa shape index (κ1) is 12.8. The minimum Gasteiger partial charge on any atom is -0.313 e. The van der Waals surface area contributed by atoms with Crippen molar-refractivity contribution in [2.24, 2.45) is 0 Å². The quantitative estimate of drug-likeness (QED) is 0.789. The molecule has 1 aromatic heterocycles. The van der Waals surface area contributed by atoms with Gasteiger partial charge >= 0.3 is 0 Å². The molecular formula is C16H16FN3. The number of hydrogen-bond acceptors (Lipinski definition) is 2. The largest absolute Gasteiger partial charge is 0.313 e. The monoisotopic (exact) mass is 269 g/mol. The third-order valence-corrected chi connectivity index (χ3v) is 3.61. The first-order valence-corrected chi connectivity index (χ1v) is 6.61. The van der Waals surface area contributed by atoms with Gasteiger partial charge in [-0.15, -0.1) is 0 Å². The van der Waals surface area contributed by atoms with Gasteiger partial charge in [-0.05, 0) is 31.7 Å². The highest BCUT2D eigenvalue weighted by Crippen LogP contribution is 2.27. The molecule has 0 aliphatic heterocycles. The lowest BCUT2D eigenvalue weighted by molar-refractivity contribution is 0.591. The normalized spacial score (nSPS) is 12.8. The van der Waals surface area contributed by atoms with Gasteiger partial charge in [-0.25, -0.2) is 9.07 Å². The lowest BCUT2D eigenvalue weighted by Crippen LogP contribution is -2.16. The van der Waals surface area contributed by atoms with E-state index in [0.717, 1.165) is 16.5 Å². The van der Waals surface area contributed by atoms with Gasteiger partial charge in [0.15, 0.2) is 0 Å². The second-order valence-corrected chi connectivity index (χ2v) is 4.80. The van der Waals surface area contributed by atoms with Crippen LogP contribution in [-0.2, 0) is 0 Å². The second kappa shape index (κ2) is 5.06. The van der Waals surface area contributed by atoms with Gasteiger partial charge in [0.2, 0.25) is 0 Å². The maximum atomic E-state index is 14.3. The number of hydrogen-bond donors (Lipinski definition) is 1. The van der Waals surface area contributed by atoms with Crippen molar-refractivity contribution in [3.05, 3.63) is 60.0 Å². The Bertz CT molecular complexity index is 748. The summed E-state index contributed by atoms with van der Waals surface area (Å²) in [5.41, 5.74) is 2.30. The first-order chi connectivity index (χ1) is 9.72. The molecule has 0 saturated carbocycles. The van der Waals surface area contributed by atoms with Gasteiger partial charge in [-0.1, -0.05) is 30.3 Å². The fourth-order valence-corrected chi connectivity index (χ4v) is 2.41. The van der Waals surface area contributed by atoms with Crippen LogP contribution in [0.25, 0.3) is 16.6 Å². The van der Waals surface area contributed by atoms with Gasteiger partial charge in [0.25, 0.3) is 0 Å². The maximum Gasteiger partial charge on any atom is 0.149 e. The molecule has 1 atom stereocenters. The van der Waals surface area contributed by atoms with E-state index in [2.05, 4.69) is 10.4 Å². The molecule has 2 aromatic carbocycles. The SMILES string of the molecule is CNC(C)c1cccc(F)c1-n1ncc2ccccc21. The van der Waals surface area contributed by atoms with Gasteiger partial charge in [0.05, 0.1) is 11.7 Å². The smallest absolute Gasteiger partial charge is 0.149 e. The van der Waals surface area contributed by atoms with Crippen LogP contribution in [0.2, 0.25) is 0 Å². The van der Waals surface area contributed by atoms with E-state index in [1.807, 2.05) is 44.3 Å². The van der Waals surface area contributed by atoms with E-state index in [1.165, 1.54) is 6.07 Å². The minimum absolute atomic E-state index is 0.0451. The zero-order valence-corrected chi connectivity index (χ0v) is 11.5. The summed E-state index contributed by atoms with van der Waals surface area (Å²) in [6.07, 6.45) is 1.76. The van der Waals surface area contributed by atoms with Crippen molar-refractivity contribution in [3.8, 4) is 5.69 Å². The number of fused-ring (bicyclic) bond motifs is 1. The minimum atomic E-state index is -0.265. The molecule has 1 heterocycles. The summed E-state index contributed by atoms with van der Waals surface area (Å²) >= 11 is 0. The number of para-hydroxylation sites is 2. The van der Waals surface area contributed by atoms with Crippen molar-refractivity contribution in [2.75, 3.05) is 7.05 Å². The molecule has 0 spiro atoms. The van der Waals surface area contributed by atoms with Crippen molar-refractivity contribution in [1.82, 2.24) is 15.1 Å². The van der Waals surface area contributed by atoms with E-state index in [9.17, 15) is 4.39 Å². The molecule has 0 radical (unpaired) electrons. The number of benzene rings is 2. The molecule has 4 heteroatoms. The third-order valence-electron chi connectivity index (χ3n) is 3.61.